The highest BCUT2D eigenvalue weighted by Crippen LogP contribution is 2.32. The highest BCUT2D eigenvalue weighted by molar-refractivity contribution is 6.30. The Morgan fingerprint density at radius 3 is 2.56 bits per heavy atom. The first-order chi connectivity index (χ1) is 12.9. The summed E-state index contributed by atoms with van der Waals surface area (Å²) < 4.78 is 0. The number of rotatable bonds is 6. The Labute approximate surface area is 164 Å². The van der Waals surface area contributed by atoms with E-state index in [4.69, 9.17) is 11.6 Å². The van der Waals surface area contributed by atoms with Crippen molar-refractivity contribution in [2.75, 3.05) is 13.6 Å². The maximum absolute atomic E-state index is 12.6. The minimum absolute atomic E-state index is 0.189. The van der Waals surface area contributed by atoms with Gasteiger partial charge in [0.05, 0.1) is 0 Å². The van der Waals surface area contributed by atoms with Gasteiger partial charge in [-0.2, -0.15) is 5.01 Å². The summed E-state index contributed by atoms with van der Waals surface area (Å²) in [6.07, 6.45) is 4.33. The van der Waals surface area contributed by atoms with Crippen LogP contribution in [-0.2, 0) is 16.1 Å². The van der Waals surface area contributed by atoms with Crippen LogP contribution in [0.2, 0.25) is 5.02 Å². The summed E-state index contributed by atoms with van der Waals surface area (Å²) in [7, 11) is 1.91. The monoisotopic (exact) mass is 392 g/mol. The zero-order valence-corrected chi connectivity index (χ0v) is 16.2. The third-order valence-electron chi connectivity index (χ3n) is 5.19. The summed E-state index contributed by atoms with van der Waals surface area (Å²) in [6.45, 7) is 1.18. The molecule has 4 amide bonds. The number of carbonyl (C=O) groups is 3. The fourth-order valence-corrected chi connectivity index (χ4v) is 3.80. The number of amides is 4. The minimum atomic E-state index is -0.825. The summed E-state index contributed by atoms with van der Waals surface area (Å²) in [4.78, 5) is 39.0. The lowest BCUT2D eigenvalue weighted by atomic mass is 9.82. The smallest absolute Gasteiger partial charge is 0.322 e. The summed E-state index contributed by atoms with van der Waals surface area (Å²) >= 11 is 5.88. The van der Waals surface area contributed by atoms with E-state index in [2.05, 4.69) is 10.7 Å². The van der Waals surface area contributed by atoms with Crippen molar-refractivity contribution in [1.29, 1.82) is 0 Å². The Hall–Kier alpha value is -2.12. The summed E-state index contributed by atoms with van der Waals surface area (Å²) in [5.41, 5.74) is 2.73. The van der Waals surface area contributed by atoms with Crippen molar-refractivity contribution in [2.45, 2.75) is 50.6 Å². The van der Waals surface area contributed by atoms with Gasteiger partial charge < -0.3 is 10.2 Å². The molecule has 0 radical (unpaired) electrons. The van der Waals surface area contributed by atoms with E-state index in [1.54, 1.807) is 0 Å². The fourth-order valence-electron chi connectivity index (χ4n) is 3.67. The van der Waals surface area contributed by atoms with Gasteiger partial charge in [-0.25, -0.2) is 4.79 Å². The molecule has 1 heterocycles. The van der Waals surface area contributed by atoms with Crippen LogP contribution in [0.4, 0.5) is 4.79 Å². The molecular weight excluding hydrogens is 368 g/mol. The number of hydrogen-bond donors (Lipinski definition) is 2. The van der Waals surface area contributed by atoms with Crippen molar-refractivity contribution < 1.29 is 14.4 Å². The van der Waals surface area contributed by atoms with Crippen LogP contribution in [0.1, 0.15) is 44.1 Å². The first kappa shape index (κ1) is 19.6. The SMILES string of the molecule is CN(CCC(=O)NN1C(=O)NC2(CCCCC2)C1=O)Cc1ccc(Cl)cc1. The van der Waals surface area contributed by atoms with Gasteiger partial charge in [-0.3, -0.25) is 15.0 Å². The molecule has 146 valence electrons. The molecule has 1 saturated heterocycles. The number of urea groups is 1. The van der Waals surface area contributed by atoms with Gasteiger partial charge in [0.15, 0.2) is 0 Å². The number of imide groups is 1. The summed E-state index contributed by atoms with van der Waals surface area (Å²) in [5, 5.41) is 4.32. The second kappa shape index (κ2) is 8.27. The normalized spacial score (nSPS) is 18.9. The molecule has 1 spiro atoms. The summed E-state index contributed by atoms with van der Waals surface area (Å²) in [6, 6.07) is 7.00. The van der Waals surface area contributed by atoms with E-state index in [1.807, 2.05) is 36.2 Å². The minimum Gasteiger partial charge on any atom is -0.322 e. The zero-order valence-electron chi connectivity index (χ0n) is 15.5. The number of halogens is 1. The fraction of sp³-hybridized carbons (Fsp3) is 0.526. The van der Waals surface area contributed by atoms with Crippen LogP contribution >= 0.6 is 11.6 Å². The van der Waals surface area contributed by atoms with Crippen molar-refractivity contribution in [3.8, 4) is 0 Å². The molecule has 1 aromatic rings. The van der Waals surface area contributed by atoms with E-state index >= 15 is 0 Å². The first-order valence-corrected chi connectivity index (χ1v) is 9.67. The van der Waals surface area contributed by atoms with E-state index in [0.717, 1.165) is 29.8 Å². The molecule has 7 nitrogen and oxygen atoms in total. The second-order valence-corrected chi connectivity index (χ2v) is 7.80. The zero-order chi connectivity index (χ0) is 19.4. The average molecular weight is 393 g/mol. The first-order valence-electron chi connectivity index (χ1n) is 9.29. The molecule has 0 aromatic heterocycles. The van der Waals surface area contributed by atoms with Gasteiger partial charge in [0.1, 0.15) is 5.54 Å². The molecule has 3 rings (SSSR count). The van der Waals surface area contributed by atoms with Crippen molar-refractivity contribution in [2.24, 2.45) is 0 Å². The average Bonchev–Trinajstić information content (AvgIpc) is 2.86. The van der Waals surface area contributed by atoms with Crippen molar-refractivity contribution >= 4 is 29.4 Å². The Bertz CT molecular complexity index is 716. The maximum Gasteiger partial charge on any atom is 0.344 e. The van der Waals surface area contributed by atoms with Crippen LogP contribution in [-0.4, -0.2) is 46.9 Å². The molecule has 27 heavy (non-hydrogen) atoms. The molecular formula is C19H25ClN4O3. The molecule has 1 aliphatic heterocycles. The standard InChI is InChI=1S/C19H25ClN4O3/c1-23(13-14-5-7-15(20)8-6-14)12-9-16(25)22-24-17(26)19(21-18(24)27)10-3-2-4-11-19/h5-8H,2-4,9-13H2,1H3,(H,21,27)(H,22,25). The number of carbonyl (C=O) groups excluding carboxylic acids is 3. The van der Waals surface area contributed by atoms with Crippen LogP contribution in [0.15, 0.2) is 24.3 Å². The Kier molecular flexibility index (Phi) is 6.01. The molecule has 1 saturated carbocycles. The highest BCUT2D eigenvalue weighted by Gasteiger charge is 2.52. The van der Waals surface area contributed by atoms with Gasteiger partial charge in [0.25, 0.3) is 5.91 Å². The van der Waals surface area contributed by atoms with E-state index < -0.39 is 11.6 Å². The topological polar surface area (TPSA) is 81.8 Å². The summed E-state index contributed by atoms with van der Waals surface area (Å²) in [5.74, 6) is -0.690. The number of hydrogen-bond acceptors (Lipinski definition) is 4. The second-order valence-electron chi connectivity index (χ2n) is 7.36. The largest absolute Gasteiger partial charge is 0.344 e. The molecule has 1 aliphatic carbocycles. The maximum atomic E-state index is 12.6. The van der Waals surface area contributed by atoms with Crippen molar-refractivity contribution in [3.05, 3.63) is 34.9 Å². The van der Waals surface area contributed by atoms with E-state index in [-0.39, 0.29) is 18.2 Å². The number of benzene rings is 1. The van der Waals surface area contributed by atoms with Crippen LogP contribution in [0.25, 0.3) is 0 Å². The number of nitrogens with zero attached hydrogens (tertiary/aromatic N) is 2. The molecule has 0 unspecified atom stereocenters. The van der Waals surface area contributed by atoms with Crippen LogP contribution in [0, 0.1) is 0 Å². The molecule has 2 N–H and O–H groups in total. The van der Waals surface area contributed by atoms with E-state index in [1.165, 1.54) is 0 Å². The highest BCUT2D eigenvalue weighted by atomic mass is 35.5. The lowest BCUT2D eigenvalue weighted by Crippen LogP contribution is -2.51. The van der Waals surface area contributed by atoms with Crippen molar-refractivity contribution in [1.82, 2.24) is 20.7 Å². The molecule has 2 aliphatic rings. The van der Waals surface area contributed by atoms with Gasteiger partial charge in [-0.05, 0) is 37.6 Å². The quantitative estimate of drug-likeness (QED) is 0.728. The van der Waals surface area contributed by atoms with Gasteiger partial charge in [-0.1, -0.05) is 43.0 Å². The lowest BCUT2D eigenvalue weighted by molar-refractivity contribution is -0.140. The predicted molar refractivity (Wildman–Crippen MR) is 102 cm³/mol. The third kappa shape index (κ3) is 4.59. The molecule has 8 heteroatoms. The molecule has 2 fully saturated rings. The molecule has 0 bridgehead atoms. The van der Waals surface area contributed by atoms with Crippen molar-refractivity contribution in [3.63, 3.8) is 0 Å². The Morgan fingerprint density at radius 2 is 1.89 bits per heavy atom. The van der Waals surface area contributed by atoms with E-state index in [9.17, 15) is 14.4 Å². The van der Waals surface area contributed by atoms with Gasteiger partial charge in [0.2, 0.25) is 5.91 Å². The van der Waals surface area contributed by atoms with Crippen LogP contribution < -0.4 is 10.7 Å². The molecule has 0 atom stereocenters. The van der Waals surface area contributed by atoms with Crippen LogP contribution in [0.5, 0.6) is 0 Å². The Balaban J connectivity index is 1.48. The predicted octanol–water partition coefficient (Wildman–Crippen LogP) is 2.45. The molecule has 1 aromatic carbocycles. The van der Waals surface area contributed by atoms with Crippen LogP contribution in [0.3, 0.4) is 0 Å². The third-order valence-corrected chi connectivity index (χ3v) is 5.44. The van der Waals surface area contributed by atoms with Gasteiger partial charge in [0, 0.05) is 24.5 Å². The number of hydrazine groups is 1. The van der Waals surface area contributed by atoms with Gasteiger partial charge in [-0.15, -0.1) is 0 Å². The number of nitrogens with one attached hydrogen (secondary N) is 2. The lowest BCUT2D eigenvalue weighted by Gasteiger charge is -2.30. The van der Waals surface area contributed by atoms with E-state index in [0.29, 0.717) is 31.0 Å². The Morgan fingerprint density at radius 1 is 1.22 bits per heavy atom. The van der Waals surface area contributed by atoms with Gasteiger partial charge >= 0.3 is 6.03 Å².